The first-order valence-electron chi connectivity index (χ1n) is 10.7. The molecule has 2 heterocycles. The third kappa shape index (κ3) is 4.51. The van der Waals surface area contributed by atoms with Gasteiger partial charge < -0.3 is 18.9 Å². The molecule has 0 spiro atoms. The molecule has 0 N–H and O–H groups in total. The molecule has 8 nitrogen and oxygen atoms in total. The van der Waals surface area contributed by atoms with Crippen molar-refractivity contribution in [2.24, 2.45) is 0 Å². The molecule has 0 atom stereocenters. The van der Waals surface area contributed by atoms with Crippen molar-refractivity contribution in [1.82, 2.24) is 19.6 Å². The van der Waals surface area contributed by atoms with Crippen molar-refractivity contribution in [3.05, 3.63) is 57.8 Å². The van der Waals surface area contributed by atoms with Gasteiger partial charge in [-0.3, -0.25) is 0 Å². The molecule has 2 aromatic carbocycles. The van der Waals surface area contributed by atoms with Gasteiger partial charge in [-0.25, -0.2) is 9.36 Å². The predicted octanol–water partition coefficient (Wildman–Crippen LogP) is 5.88. The number of halogens is 2. The van der Waals surface area contributed by atoms with E-state index in [4.69, 9.17) is 47.2 Å². The van der Waals surface area contributed by atoms with Gasteiger partial charge >= 0.3 is 0 Å². The van der Waals surface area contributed by atoms with E-state index in [1.165, 1.54) is 0 Å². The Morgan fingerprint density at radius 1 is 0.686 bits per heavy atom. The Hall–Kier alpha value is -3.36. The fourth-order valence-corrected chi connectivity index (χ4v) is 4.40. The van der Waals surface area contributed by atoms with Crippen LogP contribution in [-0.2, 0) is 6.67 Å². The maximum Gasteiger partial charge on any atom is 0.161 e. The van der Waals surface area contributed by atoms with Gasteiger partial charge in [-0.2, -0.15) is 10.2 Å². The summed E-state index contributed by atoms with van der Waals surface area (Å²) < 4.78 is 25.4. The number of hydrogen-bond donors (Lipinski definition) is 0. The summed E-state index contributed by atoms with van der Waals surface area (Å²) in [6.45, 7) is 4.08. The van der Waals surface area contributed by atoms with Crippen molar-refractivity contribution >= 4 is 23.2 Å². The molecule has 2 aromatic heterocycles. The van der Waals surface area contributed by atoms with E-state index in [-0.39, 0.29) is 0 Å². The lowest BCUT2D eigenvalue weighted by molar-refractivity contribution is 0.355. The monoisotopic (exact) mass is 516 g/mol. The Morgan fingerprint density at radius 2 is 1.23 bits per heavy atom. The minimum absolute atomic E-state index is 0.302. The van der Waals surface area contributed by atoms with Crippen LogP contribution in [0.1, 0.15) is 11.4 Å². The maximum absolute atomic E-state index is 7.00. The molecule has 0 aliphatic carbocycles. The van der Waals surface area contributed by atoms with E-state index in [9.17, 15) is 0 Å². The fourth-order valence-electron chi connectivity index (χ4n) is 3.91. The highest BCUT2D eigenvalue weighted by atomic mass is 35.5. The third-order valence-electron chi connectivity index (χ3n) is 5.77. The van der Waals surface area contributed by atoms with Crippen LogP contribution in [0.4, 0.5) is 0 Å². The third-order valence-corrected chi connectivity index (χ3v) is 6.67. The van der Waals surface area contributed by atoms with Gasteiger partial charge in [0.15, 0.2) is 23.0 Å². The summed E-state index contributed by atoms with van der Waals surface area (Å²) in [5.74, 6) is 2.39. The van der Waals surface area contributed by atoms with E-state index in [0.29, 0.717) is 51.1 Å². The number of aromatic nitrogens is 4. The first-order valence-corrected chi connectivity index (χ1v) is 11.5. The SMILES string of the molecule is COc1ccc(-c2nn(Cn3nc(C)c(Cl)c3C)c(-c3ccc(OC)c(OC)c3)c2Cl)cc1OC. The van der Waals surface area contributed by atoms with Gasteiger partial charge in [-0.15, -0.1) is 0 Å². The fraction of sp³-hybridized carbons (Fsp3) is 0.280. The Kier molecular flexibility index (Phi) is 7.14. The minimum atomic E-state index is 0.302. The molecule has 0 aliphatic rings. The lowest BCUT2D eigenvalue weighted by Gasteiger charge is -2.12. The van der Waals surface area contributed by atoms with Crippen LogP contribution in [0.25, 0.3) is 22.5 Å². The average Bonchev–Trinajstić information content (AvgIpc) is 3.33. The van der Waals surface area contributed by atoms with Crippen molar-refractivity contribution in [1.29, 1.82) is 0 Å². The van der Waals surface area contributed by atoms with Crippen molar-refractivity contribution in [3.63, 3.8) is 0 Å². The minimum Gasteiger partial charge on any atom is -0.493 e. The molecule has 0 amide bonds. The maximum atomic E-state index is 7.00. The molecule has 0 unspecified atom stereocenters. The lowest BCUT2D eigenvalue weighted by atomic mass is 10.1. The van der Waals surface area contributed by atoms with Crippen LogP contribution in [0.5, 0.6) is 23.0 Å². The zero-order valence-electron chi connectivity index (χ0n) is 20.3. The second-order valence-corrected chi connectivity index (χ2v) is 8.53. The molecule has 0 radical (unpaired) electrons. The molecule has 0 fully saturated rings. The zero-order chi connectivity index (χ0) is 25.3. The van der Waals surface area contributed by atoms with Crippen LogP contribution >= 0.6 is 23.2 Å². The summed E-state index contributed by atoms with van der Waals surface area (Å²) >= 11 is 13.4. The molecule has 4 rings (SSSR count). The number of rotatable bonds is 8. The number of benzene rings is 2. The van der Waals surface area contributed by atoms with Crippen molar-refractivity contribution in [3.8, 4) is 45.5 Å². The Morgan fingerprint density at radius 3 is 1.74 bits per heavy atom. The number of nitrogens with zero attached hydrogens (tertiary/aromatic N) is 4. The molecule has 35 heavy (non-hydrogen) atoms. The van der Waals surface area contributed by atoms with Crippen LogP contribution in [0.15, 0.2) is 36.4 Å². The molecule has 0 bridgehead atoms. The molecule has 0 aliphatic heterocycles. The molecule has 10 heteroatoms. The quantitative estimate of drug-likeness (QED) is 0.291. The van der Waals surface area contributed by atoms with Crippen LogP contribution < -0.4 is 18.9 Å². The highest BCUT2D eigenvalue weighted by Crippen LogP contribution is 2.41. The number of methoxy groups -OCH3 is 4. The molecule has 184 valence electrons. The first kappa shape index (κ1) is 24.8. The molecular weight excluding hydrogens is 491 g/mol. The van der Waals surface area contributed by atoms with E-state index in [1.807, 2.05) is 50.2 Å². The van der Waals surface area contributed by atoms with Crippen LogP contribution in [-0.4, -0.2) is 48.0 Å². The lowest BCUT2D eigenvalue weighted by Crippen LogP contribution is -2.13. The van der Waals surface area contributed by atoms with E-state index >= 15 is 0 Å². The van der Waals surface area contributed by atoms with Gasteiger partial charge in [0.1, 0.15) is 12.4 Å². The summed E-state index contributed by atoms with van der Waals surface area (Å²) in [6, 6.07) is 11.2. The number of aryl methyl sites for hydroxylation is 1. The molecule has 0 saturated carbocycles. The number of ether oxygens (including phenoxy) is 4. The van der Waals surface area contributed by atoms with Gasteiger partial charge in [0.05, 0.1) is 55.6 Å². The zero-order valence-corrected chi connectivity index (χ0v) is 21.9. The highest BCUT2D eigenvalue weighted by Gasteiger charge is 2.23. The van der Waals surface area contributed by atoms with Crippen LogP contribution in [0, 0.1) is 13.8 Å². The van der Waals surface area contributed by atoms with E-state index < -0.39 is 0 Å². The van der Waals surface area contributed by atoms with E-state index in [1.54, 1.807) is 37.8 Å². The van der Waals surface area contributed by atoms with Crippen LogP contribution in [0.2, 0.25) is 10.0 Å². The predicted molar refractivity (Wildman–Crippen MR) is 136 cm³/mol. The summed E-state index contributed by atoms with van der Waals surface area (Å²) in [5, 5.41) is 10.5. The average molecular weight is 517 g/mol. The Bertz CT molecular complexity index is 1380. The first-order chi connectivity index (χ1) is 16.8. The highest BCUT2D eigenvalue weighted by molar-refractivity contribution is 6.35. The summed E-state index contributed by atoms with van der Waals surface area (Å²) in [4.78, 5) is 0. The van der Waals surface area contributed by atoms with Crippen molar-refractivity contribution in [2.45, 2.75) is 20.5 Å². The standard InChI is InChI=1S/C25H26Cl2N4O4/c1-14-22(26)15(2)30(28-14)13-31-25(17-8-10-19(33-4)21(12-17)35-6)23(27)24(29-31)16-7-9-18(32-3)20(11-16)34-5/h7-12H,13H2,1-6H3. The topological polar surface area (TPSA) is 72.6 Å². The Labute approximate surface area is 213 Å². The largest absolute Gasteiger partial charge is 0.493 e. The van der Waals surface area contributed by atoms with Gasteiger partial charge in [0.25, 0.3) is 0 Å². The second kappa shape index (κ2) is 10.1. The van der Waals surface area contributed by atoms with Crippen molar-refractivity contribution in [2.75, 3.05) is 28.4 Å². The van der Waals surface area contributed by atoms with Gasteiger partial charge in [0.2, 0.25) is 0 Å². The van der Waals surface area contributed by atoms with E-state index in [2.05, 4.69) is 5.10 Å². The Balaban J connectivity index is 1.91. The molecule has 4 aromatic rings. The van der Waals surface area contributed by atoms with Gasteiger partial charge in [-0.1, -0.05) is 23.2 Å². The summed E-state index contributed by atoms with van der Waals surface area (Å²) in [7, 11) is 6.36. The van der Waals surface area contributed by atoms with Gasteiger partial charge in [0, 0.05) is 11.1 Å². The summed E-state index contributed by atoms with van der Waals surface area (Å²) in [5.41, 5.74) is 4.45. The normalized spacial score (nSPS) is 11.0. The van der Waals surface area contributed by atoms with E-state index in [0.717, 1.165) is 22.5 Å². The van der Waals surface area contributed by atoms with Crippen LogP contribution in [0.3, 0.4) is 0 Å². The second-order valence-electron chi connectivity index (χ2n) is 7.78. The summed E-state index contributed by atoms with van der Waals surface area (Å²) in [6.07, 6.45) is 0. The van der Waals surface area contributed by atoms with Gasteiger partial charge in [-0.05, 0) is 50.2 Å². The smallest absolute Gasteiger partial charge is 0.161 e. The molecular formula is C25H26Cl2N4O4. The van der Waals surface area contributed by atoms with Crippen molar-refractivity contribution < 1.29 is 18.9 Å². The number of hydrogen-bond acceptors (Lipinski definition) is 6. The molecule has 0 saturated heterocycles.